The van der Waals surface area contributed by atoms with E-state index in [9.17, 15) is 4.39 Å². The molecule has 0 radical (unpaired) electrons. The first-order valence-corrected chi connectivity index (χ1v) is 5.65. The van der Waals surface area contributed by atoms with Gasteiger partial charge in [-0.2, -0.15) is 0 Å². The Bertz CT molecular complexity index is 613. The van der Waals surface area contributed by atoms with E-state index in [1.807, 2.05) is 6.07 Å². The summed E-state index contributed by atoms with van der Waals surface area (Å²) < 4.78 is 18.9. The largest absolute Gasteiger partial charge is 0.497 e. The Hall–Kier alpha value is -2.56. The third-order valence-corrected chi connectivity index (χ3v) is 2.63. The van der Waals surface area contributed by atoms with Crippen LogP contribution in [0.3, 0.4) is 0 Å². The van der Waals surface area contributed by atoms with E-state index in [-0.39, 0.29) is 5.84 Å². The minimum Gasteiger partial charge on any atom is -0.497 e. The van der Waals surface area contributed by atoms with Crippen LogP contribution < -0.4 is 15.8 Å². The summed E-state index contributed by atoms with van der Waals surface area (Å²) >= 11 is 0. The number of ether oxygens (including phenoxy) is 1. The zero-order valence-electron chi connectivity index (χ0n) is 10.4. The number of halogens is 1. The van der Waals surface area contributed by atoms with Gasteiger partial charge in [0.15, 0.2) is 0 Å². The van der Waals surface area contributed by atoms with Crippen LogP contribution in [0.2, 0.25) is 0 Å². The molecule has 4 nitrogen and oxygen atoms in total. The number of nitrogens with two attached hydrogens (primary N) is 1. The van der Waals surface area contributed by atoms with Gasteiger partial charge in [0.2, 0.25) is 0 Å². The van der Waals surface area contributed by atoms with Gasteiger partial charge < -0.3 is 15.8 Å². The highest BCUT2D eigenvalue weighted by Gasteiger charge is 2.06. The van der Waals surface area contributed by atoms with Crippen LogP contribution in [0.5, 0.6) is 5.75 Å². The van der Waals surface area contributed by atoms with Crippen LogP contribution in [0, 0.1) is 11.2 Å². The van der Waals surface area contributed by atoms with Gasteiger partial charge in [0.1, 0.15) is 17.4 Å². The fourth-order valence-electron chi connectivity index (χ4n) is 1.64. The number of benzene rings is 2. The van der Waals surface area contributed by atoms with Crippen LogP contribution in [-0.4, -0.2) is 12.9 Å². The molecule has 0 aliphatic carbocycles. The third kappa shape index (κ3) is 3.01. The van der Waals surface area contributed by atoms with Crippen molar-refractivity contribution in [2.45, 2.75) is 0 Å². The first-order chi connectivity index (χ1) is 9.10. The van der Waals surface area contributed by atoms with Crippen LogP contribution in [0.25, 0.3) is 0 Å². The van der Waals surface area contributed by atoms with Gasteiger partial charge in [-0.3, -0.25) is 5.41 Å². The molecule has 98 valence electrons. The molecule has 19 heavy (non-hydrogen) atoms. The smallest absolute Gasteiger partial charge is 0.147 e. The number of methoxy groups -OCH3 is 1. The Morgan fingerprint density at radius 1 is 1.26 bits per heavy atom. The summed E-state index contributed by atoms with van der Waals surface area (Å²) in [7, 11) is 1.57. The number of nitrogens with one attached hydrogen (secondary N) is 2. The summed E-state index contributed by atoms with van der Waals surface area (Å²) in [5.41, 5.74) is 6.69. The molecule has 0 atom stereocenters. The van der Waals surface area contributed by atoms with Crippen molar-refractivity contribution in [3.05, 3.63) is 53.8 Å². The molecule has 0 saturated carbocycles. The van der Waals surface area contributed by atoms with Crippen LogP contribution in [-0.2, 0) is 0 Å². The minimum absolute atomic E-state index is 0.160. The van der Waals surface area contributed by atoms with E-state index in [1.54, 1.807) is 37.4 Å². The van der Waals surface area contributed by atoms with Crippen LogP contribution in [0.15, 0.2) is 42.5 Å². The first kappa shape index (κ1) is 12.9. The number of amidine groups is 1. The van der Waals surface area contributed by atoms with E-state index in [0.29, 0.717) is 22.7 Å². The molecule has 0 unspecified atom stereocenters. The quantitative estimate of drug-likeness (QED) is 0.584. The summed E-state index contributed by atoms with van der Waals surface area (Å²) in [4.78, 5) is 0. The van der Waals surface area contributed by atoms with Gasteiger partial charge in [0, 0.05) is 17.3 Å². The van der Waals surface area contributed by atoms with Crippen LogP contribution in [0.4, 0.5) is 15.8 Å². The highest BCUT2D eigenvalue weighted by Crippen LogP contribution is 2.23. The SMILES string of the molecule is COc1cccc(Nc2ccc(C(=N)N)cc2F)c1. The van der Waals surface area contributed by atoms with Gasteiger partial charge in [-0.25, -0.2) is 4.39 Å². The highest BCUT2D eigenvalue weighted by atomic mass is 19.1. The lowest BCUT2D eigenvalue weighted by Gasteiger charge is -2.10. The molecule has 0 aromatic heterocycles. The maximum Gasteiger partial charge on any atom is 0.147 e. The van der Waals surface area contributed by atoms with Crippen molar-refractivity contribution in [3.63, 3.8) is 0 Å². The molecule has 0 amide bonds. The number of anilines is 2. The summed E-state index contributed by atoms with van der Waals surface area (Å²) in [6.07, 6.45) is 0. The summed E-state index contributed by atoms with van der Waals surface area (Å²) in [6, 6.07) is 11.5. The third-order valence-electron chi connectivity index (χ3n) is 2.63. The van der Waals surface area contributed by atoms with Gasteiger partial charge in [-0.05, 0) is 30.3 Å². The van der Waals surface area contributed by atoms with E-state index < -0.39 is 5.82 Å². The molecule has 0 spiro atoms. The molecular formula is C14H14FN3O. The number of nitrogen functional groups attached to an aromatic ring is 1. The molecule has 0 bridgehead atoms. The minimum atomic E-state index is -0.462. The topological polar surface area (TPSA) is 71.1 Å². The van der Waals surface area contributed by atoms with Gasteiger partial charge in [0.25, 0.3) is 0 Å². The second-order valence-electron chi connectivity index (χ2n) is 3.97. The lowest BCUT2D eigenvalue weighted by molar-refractivity contribution is 0.415. The Morgan fingerprint density at radius 2 is 2.05 bits per heavy atom. The predicted octanol–water partition coefficient (Wildman–Crippen LogP) is 2.86. The van der Waals surface area contributed by atoms with E-state index in [0.717, 1.165) is 0 Å². The number of hydrogen-bond acceptors (Lipinski definition) is 3. The molecule has 0 saturated heterocycles. The second kappa shape index (κ2) is 5.39. The Morgan fingerprint density at radius 3 is 2.68 bits per heavy atom. The molecule has 4 N–H and O–H groups in total. The Kier molecular flexibility index (Phi) is 3.66. The molecule has 2 aromatic carbocycles. The average molecular weight is 259 g/mol. The van der Waals surface area contributed by atoms with Crippen molar-refractivity contribution < 1.29 is 9.13 Å². The number of rotatable bonds is 4. The Labute approximate surface area is 110 Å². The first-order valence-electron chi connectivity index (χ1n) is 5.65. The zero-order valence-corrected chi connectivity index (χ0v) is 10.4. The molecule has 2 aromatic rings. The summed E-state index contributed by atoms with van der Waals surface area (Å²) in [5, 5.41) is 10.2. The molecule has 0 heterocycles. The molecule has 2 rings (SSSR count). The summed E-state index contributed by atoms with van der Waals surface area (Å²) in [6.45, 7) is 0. The highest BCUT2D eigenvalue weighted by molar-refractivity contribution is 5.95. The van der Waals surface area contributed by atoms with Crippen LogP contribution >= 0.6 is 0 Å². The second-order valence-corrected chi connectivity index (χ2v) is 3.97. The van der Waals surface area contributed by atoms with Crippen molar-refractivity contribution >= 4 is 17.2 Å². The lowest BCUT2D eigenvalue weighted by Crippen LogP contribution is -2.11. The monoisotopic (exact) mass is 259 g/mol. The summed E-state index contributed by atoms with van der Waals surface area (Å²) in [5.74, 6) is 0.0631. The molecular weight excluding hydrogens is 245 g/mol. The molecule has 5 heteroatoms. The zero-order chi connectivity index (χ0) is 13.8. The Balaban J connectivity index is 2.25. The maximum atomic E-state index is 13.8. The van der Waals surface area contributed by atoms with Crippen molar-refractivity contribution in [1.82, 2.24) is 0 Å². The van der Waals surface area contributed by atoms with E-state index in [1.165, 1.54) is 6.07 Å². The van der Waals surface area contributed by atoms with Crippen molar-refractivity contribution in [2.24, 2.45) is 5.73 Å². The van der Waals surface area contributed by atoms with E-state index in [4.69, 9.17) is 15.9 Å². The van der Waals surface area contributed by atoms with Crippen molar-refractivity contribution in [1.29, 1.82) is 5.41 Å². The fraction of sp³-hybridized carbons (Fsp3) is 0.0714. The van der Waals surface area contributed by atoms with E-state index in [2.05, 4.69) is 5.32 Å². The molecule has 0 aliphatic heterocycles. The van der Waals surface area contributed by atoms with Crippen LogP contribution in [0.1, 0.15) is 5.56 Å². The lowest BCUT2D eigenvalue weighted by atomic mass is 10.1. The number of hydrogen-bond donors (Lipinski definition) is 3. The molecule has 0 fully saturated rings. The maximum absolute atomic E-state index is 13.8. The van der Waals surface area contributed by atoms with Crippen molar-refractivity contribution in [2.75, 3.05) is 12.4 Å². The average Bonchev–Trinajstić information content (AvgIpc) is 2.41. The fourth-order valence-corrected chi connectivity index (χ4v) is 1.64. The standard InChI is InChI=1S/C14H14FN3O/c1-19-11-4-2-3-10(8-11)18-13-6-5-9(14(16)17)7-12(13)15/h2-8,18H,1H3,(H3,16,17). The van der Waals surface area contributed by atoms with Gasteiger partial charge in [-0.1, -0.05) is 6.07 Å². The van der Waals surface area contributed by atoms with Gasteiger partial charge in [0.05, 0.1) is 12.8 Å². The van der Waals surface area contributed by atoms with Gasteiger partial charge in [-0.15, -0.1) is 0 Å². The predicted molar refractivity (Wildman–Crippen MR) is 73.7 cm³/mol. The normalized spacial score (nSPS) is 10.0. The van der Waals surface area contributed by atoms with Gasteiger partial charge >= 0.3 is 0 Å². The van der Waals surface area contributed by atoms with E-state index >= 15 is 0 Å². The molecule has 0 aliphatic rings. The van der Waals surface area contributed by atoms with Crippen molar-refractivity contribution in [3.8, 4) is 5.75 Å².